The van der Waals surface area contributed by atoms with Crippen LogP contribution in [0.1, 0.15) is 16.2 Å². The summed E-state index contributed by atoms with van der Waals surface area (Å²) < 4.78 is 9.16. The van der Waals surface area contributed by atoms with Gasteiger partial charge in [0, 0.05) is 37.6 Å². The molecule has 11 nitrogen and oxygen atoms in total. The number of benzene rings is 1. The van der Waals surface area contributed by atoms with Crippen LogP contribution in [0.15, 0.2) is 48.9 Å². The Hall–Kier alpha value is -4.80. The van der Waals surface area contributed by atoms with Crippen molar-refractivity contribution >= 4 is 22.8 Å². The first-order valence-corrected chi connectivity index (χ1v) is 10.3. The van der Waals surface area contributed by atoms with E-state index in [0.717, 1.165) is 16.8 Å². The summed E-state index contributed by atoms with van der Waals surface area (Å²) in [5, 5.41) is 14.2. The molecule has 0 amide bonds. The van der Waals surface area contributed by atoms with E-state index in [2.05, 4.69) is 25.0 Å². The molecule has 0 bridgehead atoms. The number of carboxylic acids is 1. The van der Waals surface area contributed by atoms with Crippen LogP contribution in [-0.2, 0) is 14.1 Å². The second-order valence-corrected chi connectivity index (χ2v) is 7.69. The van der Waals surface area contributed by atoms with Crippen LogP contribution in [-0.4, -0.2) is 45.4 Å². The number of anilines is 1. The molecule has 0 unspecified atom stereocenters. The van der Waals surface area contributed by atoms with Crippen molar-refractivity contribution < 1.29 is 14.6 Å². The zero-order valence-electron chi connectivity index (χ0n) is 18.6. The summed E-state index contributed by atoms with van der Waals surface area (Å²) >= 11 is 0. The number of aromatic carboxylic acids is 1. The second kappa shape index (κ2) is 7.96. The summed E-state index contributed by atoms with van der Waals surface area (Å²) in [6, 6.07) is 10.9. The molecule has 0 spiro atoms. The Morgan fingerprint density at radius 2 is 1.85 bits per heavy atom. The van der Waals surface area contributed by atoms with E-state index in [0.29, 0.717) is 34.0 Å². The maximum atomic E-state index is 11.5. The van der Waals surface area contributed by atoms with Crippen molar-refractivity contribution in [3.63, 3.8) is 0 Å². The molecule has 0 atom stereocenters. The van der Waals surface area contributed by atoms with E-state index >= 15 is 0 Å². The number of hydrogen-bond donors (Lipinski definition) is 2. The van der Waals surface area contributed by atoms with Crippen LogP contribution in [0.25, 0.3) is 33.5 Å². The molecule has 5 rings (SSSR count). The van der Waals surface area contributed by atoms with Crippen molar-refractivity contribution in [2.45, 2.75) is 6.92 Å². The molecule has 0 aliphatic heterocycles. The van der Waals surface area contributed by atoms with E-state index in [4.69, 9.17) is 10.5 Å². The molecular formula is C23H20N8O3. The molecule has 0 saturated heterocycles. The predicted molar refractivity (Wildman–Crippen MR) is 124 cm³/mol. The first-order chi connectivity index (χ1) is 16.3. The van der Waals surface area contributed by atoms with Gasteiger partial charge in [-0.15, -0.1) is 0 Å². The van der Waals surface area contributed by atoms with Crippen LogP contribution < -0.4 is 10.5 Å². The number of aromatic nitrogens is 7. The first kappa shape index (κ1) is 21.1. The minimum atomic E-state index is -1.11. The van der Waals surface area contributed by atoms with Gasteiger partial charge < -0.3 is 20.1 Å². The molecule has 4 aromatic heterocycles. The van der Waals surface area contributed by atoms with Gasteiger partial charge in [0.05, 0.1) is 16.8 Å². The summed E-state index contributed by atoms with van der Waals surface area (Å²) in [4.78, 5) is 28.5. The standard InChI is InChI=1S/C23H20N8O3/c1-12-8-9-25-23(28-12)34-14-6-4-13(5-7-14)17-18-20(24)26-11-27-21(18)30(2)19(17)16-10-15(22(32)33)29-31(16)3/h4-11H,1-3H3,(H,32,33)(H2,24,26,27). The van der Waals surface area contributed by atoms with Gasteiger partial charge in [0.15, 0.2) is 5.69 Å². The number of nitrogens with two attached hydrogens (primary N) is 1. The molecule has 5 aromatic rings. The van der Waals surface area contributed by atoms with Gasteiger partial charge in [-0.2, -0.15) is 5.10 Å². The highest BCUT2D eigenvalue weighted by Crippen LogP contribution is 2.42. The van der Waals surface area contributed by atoms with Crippen molar-refractivity contribution in [2.24, 2.45) is 14.1 Å². The lowest BCUT2D eigenvalue weighted by Crippen LogP contribution is -2.01. The highest BCUT2D eigenvalue weighted by Gasteiger charge is 2.25. The smallest absolute Gasteiger partial charge is 0.356 e. The lowest BCUT2D eigenvalue weighted by atomic mass is 10.0. The van der Waals surface area contributed by atoms with Gasteiger partial charge in [-0.05, 0) is 30.7 Å². The van der Waals surface area contributed by atoms with E-state index in [1.807, 2.05) is 30.7 Å². The molecule has 1 aromatic carbocycles. The summed E-state index contributed by atoms with van der Waals surface area (Å²) in [6.45, 7) is 1.86. The number of nitrogens with zero attached hydrogens (tertiary/aromatic N) is 7. The highest BCUT2D eigenvalue weighted by atomic mass is 16.5. The SMILES string of the molecule is Cc1ccnc(Oc2ccc(-c3c(-c4cc(C(=O)O)nn4C)n(C)c4ncnc(N)c34)cc2)n1. The van der Waals surface area contributed by atoms with Crippen molar-refractivity contribution in [1.29, 1.82) is 0 Å². The van der Waals surface area contributed by atoms with Crippen LogP contribution in [0, 0.1) is 6.92 Å². The molecule has 0 fully saturated rings. The molecule has 0 radical (unpaired) electrons. The number of fused-ring (bicyclic) bond motifs is 1. The van der Waals surface area contributed by atoms with Crippen molar-refractivity contribution in [1.82, 2.24) is 34.3 Å². The van der Waals surface area contributed by atoms with E-state index in [-0.39, 0.29) is 11.7 Å². The van der Waals surface area contributed by atoms with Gasteiger partial charge in [-0.1, -0.05) is 12.1 Å². The Labute approximate surface area is 193 Å². The van der Waals surface area contributed by atoms with E-state index in [9.17, 15) is 9.90 Å². The van der Waals surface area contributed by atoms with Crippen LogP contribution in [0.5, 0.6) is 11.8 Å². The summed E-state index contributed by atoms with van der Waals surface area (Å²) in [5.74, 6) is -0.230. The number of aryl methyl sites for hydroxylation is 3. The van der Waals surface area contributed by atoms with Gasteiger partial charge in [0.2, 0.25) is 0 Å². The van der Waals surface area contributed by atoms with E-state index in [1.165, 1.54) is 17.1 Å². The average molecular weight is 456 g/mol. The number of carboxylic acid groups (broad SMARTS) is 1. The van der Waals surface area contributed by atoms with Gasteiger partial charge in [-0.25, -0.2) is 24.7 Å². The average Bonchev–Trinajstić information content (AvgIpc) is 3.33. The zero-order valence-corrected chi connectivity index (χ0v) is 18.6. The van der Waals surface area contributed by atoms with Gasteiger partial charge in [-0.3, -0.25) is 4.68 Å². The highest BCUT2D eigenvalue weighted by molar-refractivity contribution is 6.07. The minimum Gasteiger partial charge on any atom is -0.476 e. The summed E-state index contributed by atoms with van der Waals surface area (Å²) in [6.07, 6.45) is 3.03. The van der Waals surface area contributed by atoms with Crippen LogP contribution >= 0.6 is 0 Å². The number of rotatable bonds is 5. The molecular weight excluding hydrogens is 436 g/mol. The molecule has 3 N–H and O–H groups in total. The molecule has 4 heterocycles. The largest absolute Gasteiger partial charge is 0.476 e. The number of carbonyl (C=O) groups is 1. The Morgan fingerprint density at radius 3 is 2.53 bits per heavy atom. The van der Waals surface area contributed by atoms with Crippen LogP contribution in [0.2, 0.25) is 0 Å². The predicted octanol–water partition coefficient (Wildman–Crippen LogP) is 3.21. The minimum absolute atomic E-state index is 0.0605. The fraction of sp³-hybridized carbons (Fsp3) is 0.130. The maximum Gasteiger partial charge on any atom is 0.356 e. The van der Waals surface area contributed by atoms with E-state index < -0.39 is 5.97 Å². The van der Waals surface area contributed by atoms with Gasteiger partial charge in [0.1, 0.15) is 23.5 Å². The first-order valence-electron chi connectivity index (χ1n) is 10.3. The Balaban J connectivity index is 1.67. The molecule has 0 aliphatic rings. The third kappa shape index (κ3) is 3.48. The van der Waals surface area contributed by atoms with Crippen LogP contribution in [0.3, 0.4) is 0 Å². The monoisotopic (exact) mass is 456 g/mol. The fourth-order valence-corrected chi connectivity index (χ4v) is 3.92. The molecule has 34 heavy (non-hydrogen) atoms. The molecule has 11 heteroatoms. The quantitative estimate of drug-likeness (QED) is 0.407. The Morgan fingerprint density at radius 1 is 1.09 bits per heavy atom. The van der Waals surface area contributed by atoms with Crippen molar-refractivity contribution in [2.75, 3.05) is 5.73 Å². The topological polar surface area (TPSA) is 147 Å². The lowest BCUT2D eigenvalue weighted by molar-refractivity contribution is 0.0689. The van der Waals surface area contributed by atoms with Crippen LogP contribution in [0.4, 0.5) is 5.82 Å². The third-order valence-electron chi connectivity index (χ3n) is 5.46. The maximum absolute atomic E-state index is 11.5. The van der Waals surface area contributed by atoms with E-state index in [1.54, 1.807) is 31.4 Å². The second-order valence-electron chi connectivity index (χ2n) is 7.69. The summed E-state index contributed by atoms with van der Waals surface area (Å²) in [5.41, 5.74) is 10.5. The zero-order chi connectivity index (χ0) is 24.0. The number of nitrogen functional groups attached to an aromatic ring is 1. The molecule has 0 saturated carbocycles. The normalized spacial score (nSPS) is 11.1. The molecule has 170 valence electrons. The fourth-order valence-electron chi connectivity index (χ4n) is 3.92. The summed E-state index contributed by atoms with van der Waals surface area (Å²) in [7, 11) is 3.53. The van der Waals surface area contributed by atoms with Gasteiger partial charge >= 0.3 is 12.0 Å². The van der Waals surface area contributed by atoms with Crippen molar-refractivity contribution in [3.05, 3.63) is 60.3 Å². The van der Waals surface area contributed by atoms with Gasteiger partial charge in [0.25, 0.3) is 0 Å². The lowest BCUT2D eigenvalue weighted by Gasteiger charge is -2.10. The van der Waals surface area contributed by atoms with Crippen molar-refractivity contribution in [3.8, 4) is 34.3 Å². The number of ether oxygens (including phenoxy) is 1. The Bertz CT molecular complexity index is 1550. The third-order valence-corrected chi connectivity index (χ3v) is 5.46. The number of hydrogen-bond acceptors (Lipinski definition) is 8. The Kier molecular flexibility index (Phi) is 4.93. The molecule has 0 aliphatic carbocycles.